The number of ether oxygens (including phenoxy) is 3. The molecule has 1 aromatic carbocycles. The van der Waals surface area contributed by atoms with Crippen molar-refractivity contribution in [3.63, 3.8) is 0 Å². The molecule has 0 aromatic heterocycles. The lowest BCUT2D eigenvalue weighted by Gasteiger charge is -2.39. The van der Waals surface area contributed by atoms with Crippen LogP contribution in [0.25, 0.3) is 0 Å². The summed E-state index contributed by atoms with van der Waals surface area (Å²) in [5.74, 6) is 1.19. The van der Waals surface area contributed by atoms with Crippen LogP contribution in [0.5, 0.6) is 11.5 Å². The Bertz CT molecular complexity index is 516. The second-order valence-electron chi connectivity index (χ2n) is 6.25. The Labute approximate surface area is 134 Å². The van der Waals surface area contributed by atoms with Crippen LogP contribution in [0, 0.1) is 12.3 Å². The number of methoxy groups -OCH3 is 1. The lowest BCUT2D eigenvalue weighted by atomic mass is 9.71. The summed E-state index contributed by atoms with van der Waals surface area (Å²) in [5, 5.41) is 11.7. The Balaban J connectivity index is 2.69. The second kappa shape index (κ2) is 5.78. The number of aliphatic hydroxyl groups is 1. The molecular weight excluding hydrogens is 336 g/mol. The topological polar surface area (TPSA) is 47.9 Å². The molecule has 0 aliphatic carbocycles. The van der Waals surface area contributed by atoms with Crippen molar-refractivity contribution in [2.24, 2.45) is 5.41 Å². The largest absolute Gasteiger partial charge is 0.454 e. The summed E-state index contributed by atoms with van der Waals surface area (Å²) < 4.78 is 16.5. The zero-order valence-corrected chi connectivity index (χ0v) is 14.5. The Kier molecular flexibility index (Phi) is 4.57. The van der Waals surface area contributed by atoms with Crippen molar-refractivity contribution in [2.75, 3.05) is 19.2 Å². The number of hydrogen-bond donors (Lipinski definition) is 1. The normalized spacial score (nSPS) is 18.4. The third kappa shape index (κ3) is 2.79. The minimum atomic E-state index is -1.33. The molecule has 0 saturated carbocycles. The molecule has 1 N–H and O–H groups in total. The molecule has 117 valence electrons. The number of fused-ring (bicyclic) bond motifs is 1. The maximum absolute atomic E-state index is 11.1. The van der Waals surface area contributed by atoms with Gasteiger partial charge in [0.25, 0.3) is 0 Å². The molecule has 21 heavy (non-hydrogen) atoms. The maximum Gasteiger partial charge on any atom is 0.231 e. The molecule has 1 radical (unpaired) electrons. The van der Waals surface area contributed by atoms with Crippen LogP contribution in [-0.4, -0.2) is 24.3 Å². The molecule has 2 atom stereocenters. The summed E-state index contributed by atoms with van der Waals surface area (Å²) in [6.07, 6.45) is -0.204. The van der Waals surface area contributed by atoms with Crippen molar-refractivity contribution < 1.29 is 19.3 Å². The van der Waals surface area contributed by atoms with E-state index in [4.69, 9.17) is 14.2 Å². The average Bonchev–Trinajstić information content (AvgIpc) is 2.86. The molecule has 0 fully saturated rings. The van der Waals surface area contributed by atoms with E-state index in [1.165, 1.54) is 0 Å². The number of hydrogen-bond acceptors (Lipinski definition) is 4. The predicted octanol–water partition coefficient (Wildman–Crippen LogP) is 3.57. The minimum Gasteiger partial charge on any atom is -0.454 e. The summed E-state index contributed by atoms with van der Waals surface area (Å²) in [5.41, 5.74) is -0.323. The lowest BCUT2D eigenvalue weighted by Crippen LogP contribution is -2.38. The third-order valence-electron chi connectivity index (χ3n) is 4.00. The van der Waals surface area contributed by atoms with Gasteiger partial charge >= 0.3 is 0 Å². The Morgan fingerprint density at radius 1 is 1.38 bits per heavy atom. The van der Waals surface area contributed by atoms with Gasteiger partial charge in [-0.1, -0.05) is 42.8 Å². The van der Waals surface area contributed by atoms with Gasteiger partial charge in [0.15, 0.2) is 11.5 Å². The molecule has 5 heteroatoms. The van der Waals surface area contributed by atoms with Gasteiger partial charge in [-0.2, -0.15) is 0 Å². The summed E-state index contributed by atoms with van der Waals surface area (Å²) in [6, 6.07) is 3.74. The Morgan fingerprint density at radius 2 is 2.05 bits per heavy atom. The van der Waals surface area contributed by atoms with Crippen LogP contribution in [0.2, 0.25) is 0 Å². The van der Waals surface area contributed by atoms with Crippen molar-refractivity contribution in [3.05, 3.63) is 30.2 Å². The molecule has 2 unspecified atom stereocenters. The van der Waals surface area contributed by atoms with Crippen LogP contribution >= 0.6 is 15.9 Å². The molecule has 4 nitrogen and oxygen atoms in total. The maximum atomic E-state index is 11.1. The fourth-order valence-electron chi connectivity index (χ4n) is 2.33. The summed E-state index contributed by atoms with van der Waals surface area (Å²) in [6.45, 7) is 10.0. The second-order valence-corrected chi connectivity index (χ2v) is 6.90. The smallest absolute Gasteiger partial charge is 0.231 e. The Hall–Kier alpha value is -0.780. The molecule has 0 spiro atoms. The SMILES string of the molecule is [CH2]C(O)(c1c(C(CBr)OC)ccc2c1OCO2)C(C)(C)C. The van der Waals surface area contributed by atoms with E-state index in [9.17, 15) is 5.11 Å². The third-order valence-corrected chi connectivity index (χ3v) is 4.59. The van der Waals surface area contributed by atoms with Gasteiger partial charge in [0, 0.05) is 18.0 Å². The van der Waals surface area contributed by atoms with Gasteiger partial charge in [0.1, 0.15) is 0 Å². The van der Waals surface area contributed by atoms with Crippen LogP contribution in [0.4, 0.5) is 0 Å². The molecular formula is C16H22BrO4. The van der Waals surface area contributed by atoms with Crippen LogP contribution < -0.4 is 9.47 Å². The zero-order valence-electron chi connectivity index (χ0n) is 12.9. The van der Waals surface area contributed by atoms with Gasteiger partial charge in [-0.15, -0.1) is 0 Å². The number of halogens is 1. The molecule has 1 aromatic rings. The van der Waals surface area contributed by atoms with Gasteiger partial charge in [-0.25, -0.2) is 0 Å². The van der Waals surface area contributed by atoms with E-state index in [-0.39, 0.29) is 12.9 Å². The summed E-state index contributed by atoms with van der Waals surface area (Å²) in [4.78, 5) is 0. The highest BCUT2D eigenvalue weighted by Gasteiger charge is 2.43. The lowest BCUT2D eigenvalue weighted by molar-refractivity contribution is -0.0262. The quantitative estimate of drug-likeness (QED) is 0.836. The van der Waals surface area contributed by atoms with Crippen molar-refractivity contribution in [3.8, 4) is 11.5 Å². The van der Waals surface area contributed by atoms with Crippen LogP contribution in [0.1, 0.15) is 38.0 Å². The first-order valence-electron chi connectivity index (χ1n) is 6.83. The van der Waals surface area contributed by atoms with E-state index in [2.05, 4.69) is 22.9 Å². The first-order chi connectivity index (χ1) is 9.74. The first kappa shape index (κ1) is 16.6. The molecule has 0 saturated heterocycles. The molecule has 1 aliphatic rings. The average molecular weight is 358 g/mol. The monoisotopic (exact) mass is 357 g/mol. The van der Waals surface area contributed by atoms with E-state index in [0.717, 1.165) is 5.56 Å². The van der Waals surface area contributed by atoms with Crippen molar-refractivity contribution in [2.45, 2.75) is 32.5 Å². The highest BCUT2D eigenvalue weighted by molar-refractivity contribution is 9.09. The van der Waals surface area contributed by atoms with Crippen LogP contribution in [-0.2, 0) is 10.3 Å². The standard InChI is InChI=1S/C16H22BrO4/c1-15(2,3)16(4,18)13-10(12(8-17)19-5)6-7-11-14(13)21-9-20-11/h6-7,12,18H,4,8-9H2,1-3,5H3. The van der Waals surface area contributed by atoms with Crippen molar-refractivity contribution in [1.29, 1.82) is 0 Å². The predicted molar refractivity (Wildman–Crippen MR) is 84.8 cm³/mol. The van der Waals surface area contributed by atoms with Crippen molar-refractivity contribution in [1.82, 2.24) is 0 Å². The molecule has 1 aliphatic heterocycles. The Morgan fingerprint density at radius 3 is 2.57 bits per heavy atom. The molecule has 2 rings (SSSR count). The molecule has 1 heterocycles. The molecule has 0 amide bonds. The van der Waals surface area contributed by atoms with E-state index < -0.39 is 11.0 Å². The fourth-order valence-corrected chi connectivity index (χ4v) is 2.94. The first-order valence-corrected chi connectivity index (χ1v) is 7.95. The van der Waals surface area contributed by atoms with Gasteiger partial charge in [0.05, 0.1) is 11.7 Å². The van der Waals surface area contributed by atoms with Crippen LogP contribution in [0.3, 0.4) is 0 Å². The minimum absolute atomic E-state index is 0.151. The van der Waals surface area contributed by atoms with E-state index >= 15 is 0 Å². The number of alkyl halides is 1. The highest BCUT2D eigenvalue weighted by Crippen LogP contribution is 2.50. The molecule has 0 bridgehead atoms. The van der Waals surface area contributed by atoms with Gasteiger partial charge in [0.2, 0.25) is 6.79 Å². The zero-order chi connectivity index (χ0) is 15.8. The fraction of sp³-hybridized carbons (Fsp3) is 0.562. The summed E-state index contributed by atoms with van der Waals surface area (Å²) in [7, 11) is 1.64. The van der Waals surface area contributed by atoms with Crippen molar-refractivity contribution >= 4 is 15.9 Å². The van der Waals surface area contributed by atoms with Gasteiger partial charge in [-0.3, -0.25) is 0 Å². The van der Waals surface area contributed by atoms with E-state index in [1.807, 2.05) is 32.9 Å². The van der Waals surface area contributed by atoms with E-state index in [1.54, 1.807) is 7.11 Å². The van der Waals surface area contributed by atoms with Crippen LogP contribution in [0.15, 0.2) is 12.1 Å². The van der Waals surface area contributed by atoms with Gasteiger partial charge in [-0.05, 0) is 24.0 Å². The summed E-state index contributed by atoms with van der Waals surface area (Å²) >= 11 is 3.45. The number of rotatable bonds is 4. The van der Waals surface area contributed by atoms with Gasteiger partial charge < -0.3 is 19.3 Å². The highest BCUT2D eigenvalue weighted by atomic mass is 79.9. The van der Waals surface area contributed by atoms with E-state index in [0.29, 0.717) is 22.4 Å². The number of benzene rings is 1.